The fourth-order valence-corrected chi connectivity index (χ4v) is 4.25. The van der Waals surface area contributed by atoms with Gasteiger partial charge in [0.1, 0.15) is 0 Å². The zero-order valence-electron chi connectivity index (χ0n) is 15.7. The Bertz CT molecular complexity index is 942. The molecule has 0 saturated heterocycles. The average Bonchev–Trinajstić information content (AvgIpc) is 3.39. The molecule has 0 spiro atoms. The number of amides is 1. The summed E-state index contributed by atoms with van der Waals surface area (Å²) in [6.45, 7) is 6.32. The first kappa shape index (κ1) is 19.2. The Kier molecular flexibility index (Phi) is 6.33. The average molecular weight is 395 g/mol. The van der Waals surface area contributed by atoms with E-state index in [1.54, 1.807) is 23.3 Å². The highest BCUT2D eigenvalue weighted by atomic mass is 32.1. The zero-order chi connectivity index (χ0) is 19.2. The summed E-state index contributed by atoms with van der Waals surface area (Å²) in [4.78, 5) is 18.3. The van der Waals surface area contributed by atoms with Gasteiger partial charge in [0.2, 0.25) is 0 Å². The van der Waals surface area contributed by atoms with Crippen LogP contribution in [0.3, 0.4) is 0 Å². The van der Waals surface area contributed by atoms with Gasteiger partial charge in [0, 0.05) is 42.0 Å². The van der Waals surface area contributed by atoms with Crippen LogP contribution in [0.5, 0.6) is 0 Å². The normalized spacial score (nSPS) is 10.2. The van der Waals surface area contributed by atoms with Crippen LogP contribution >= 0.6 is 22.7 Å². The molecule has 1 aromatic carbocycles. The molecule has 0 fully saturated rings. The van der Waals surface area contributed by atoms with Gasteiger partial charge in [-0.15, -0.1) is 22.7 Å². The number of carbonyl (C=O) groups is 1. The molecule has 3 aromatic rings. The number of carbonyl (C=O) groups excluding carboxylic acids is 1. The van der Waals surface area contributed by atoms with Crippen LogP contribution in [0.1, 0.15) is 18.7 Å². The summed E-state index contributed by atoms with van der Waals surface area (Å²) < 4.78 is 0. The van der Waals surface area contributed by atoms with E-state index < -0.39 is 0 Å². The van der Waals surface area contributed by atoms with Gasteiger partial charge < -0.3 is 9.80 Å². The van der Waals surface area contributed by atoms with Crippen molar-refractivity contribution in [3.05, 3.63) is 58.1 Å². The van der Waals surface area contributed by atoms with E-state index in [-0.39, 0.29) is 5.91 Å². The smallest absolute Gasteiger partial charge is 0.303 e. The maximum Gasteiger partial charge on any atom is 0.303 e. The van der Waals surface area contributed by atoms with Crippen LogP contribution in [0.2, 0.25) is 0 Å². The molecule has 0 saturated carbocycles. The third-order valence-electron chi connectivity index (χ3n) is 4.37. The van der Waals surface area contributed by atoms with Gasteiger partial charge in [-0.1, -0.05) is 18.2 Å². The molecule has 2 aromatic heterocycles. The molecule has 5 heteroatoms. The number of hydrogen-bond acceptors (Lipinski definition) is 4. The highest BCUT2D eigenvalue weighted by molar-refractivity contribution is 7.14. The van der Waals surface area contributed by atoms with E-state index in [2.05, 4.69) is 54.9 Å². The van der Waals surface area contributed by atoms with E-state index >= 15 is 0 Å². The number of hydrogen-bond donors (Lipinski definition) is 0. The Morgan fingerprint density at radius 3 is 2.41 bits per heavy atom. The molecule has 0 radical (unpaired) electrons. The molecule has 0 atom stereocenters. The third-order valence-corrected chi connectivity index (χ3v) is 6.12. The second-order valence-electron chi connectivity index (χ2n) is 5.98. The van der Waals surface area contributed by atoms with Crippen molar-refractivity contribution in [1.29, 1.82) is 0 Å². The standard InChI is InChI=1S/C22H22N2OS2/c1-4-24(5-2)18-10-8-17(9-11-18)21-15-19(16-27-21)23(3)22(25)13-12-20-7-6-14-26-20/h6-11,14-16H,4-5H2,1-3H3. The lowest BCUT2D eigenvalue weighted by Gasteiger charge is -2.21. The zero-order valence-corrected chi connectivity index (χ0v) is 17.4. The first-order valence-corrected chi connectivity index (χ1v) is 10.7. The molecular weight excluding hydrogens is 372 g/mol. The van der Waals surface area contributed by atoms with Crippen LogP contribution in [-0.4, -0.2) is 26.0 Å². The summed E-state index contributed by atoms with van der Waals surface area (Å²) >= 11 is 3.17. The molecule has 138 valence electrons. The van der Waals surface area contributed by atoms with E-state index in [1.165, 1.54) is 17.0 Å². The Morgan fingerprint density at radius 1 is 1.04 bits per heavy atom. The van der Waals surface area contributed by atoms with Gasteiger partial charge in [-0.2, -0.15) is 0 Å². The van der Waals surface area contributed by atoms with E-state index in [1.807, 2.05) is 29.0 Å². The van der Waals surface area contributed by atoms with Crippen molar-refractivity contribution in [2.24, 2.45) is 0 Å². The Balaban J connectivity index is 1.73. The lowest BCUT2D eigenvalue weighted by atomic mass is 10.1. The molecule has 1 amide bonds. The van der Waals surface area contributed by atoms with Gasteiger partial charge >= 0.3 is 5.91 Å². The molecule has 3 rings (SSSR count). The van der Waals surface area contributed by atoms with Crippen LogP contribution in [0, 0.1) is 11.8 Å². The fourth-order valence-electron chi connectivity index (χ4n) is 2.74. The van der Waals surface area contributed by atoms with Crippen molar-refractivity contribution in [2.75, 3.05) is 29.9 Å². The lowest BCUT2D eigenvalue weighted by Crippen LogP contribution is -2.23. The number of rotatable bonds is 5. The summed E-state index contributed by atoms with van der Waals surface area (Å²) in [7, 11) is 1.76. The predicted molar refractivity (Wildman–Crippen MR) is 118 cm³/mol. The molecule has 0 aliphatic heterocycles. The maximum absolute atomic E-state index is 12.3. The Hall–Kier alpha value is -2.55. The van der Waals surface area contributed by atoms with E-state index in [0.717, 1.165) is 34.1 Å². The number of thiophene rings is 2. The van der Waals surface area contributed by atoms with Crippen LogP contribution in [0.4, 0.5) is 11.4 Å². The van der Waals surface area contributed by atoms with E-state index in [4.69, 9.17) is 0 Å². The van der Waals surface area contributed by atoms with E-state index in [0.29, 0.717) is 0 Å². The summed E-state index contributed by atoms with van der Waals surface area (Å²) in [5.74, 6) is 5.43. The molecule has 0 aliphatic carbocycles. The molecule has 27 heavy (non-hydrogen) atoms. The van der Waals surface area contributed by atoms with Gasteiger partial charge in [-0.05, 0) is 55.0 Å². The van der Waals surface area contributed by atoms with Crippen LogP contribution in [0.15, 0.2) is 53.2 Å². The molecule has 3 nitrogen and oxygen atoms in total. The molecule has 0 aliphatic rings. The monoisotopic (exact) mass is 394 g/mol. The van der Waals surface area contributed by atoms with Gasteiger partial charge in [0.15, 0.2) is 0 Å². The molecular formula is C22H22N2OS2. The Labute approximate surface area is 168 Å². The minimum absolute atomic E-state index is 0.204. The Morgan fingerprint density at radius 2 is 1.78 bits per heavy atom. The number of nitrogens with zero attached hydrogens (tertiary/aromatic N) is 2. The second kappa shape index (κ2) is 8.90. The minimum Gasteiger partial charge on any atom is -0.372 e. The molecule has 0 N–H and O–H groups in total. The van der Waals surface area contributed by atoms with Crippen molar-refractivity contribution in [3.8, 4) is 22.3 Å². The van der Waals surface area contributed by atoms with Crippen molar-refractivity contribution >= 4 is 40.0 Å². The van der Waals surface area contributed by atoms with Crippen molar-refractivity contribution in [1.82, 2.24) is 0 Å². The van der Waals surface area contributed by atoms with Crippen molar-refractivity contribution in [2.45, 2.75) is 13.8 Å². The highest BCUT2D eigenvalue weighted by Gasteiger charge is 2.12. The van der Waals surface area contributed by atoms with Crippen LogP contribution < -0.4 is 9.80 Å². The molecule has 0 bridgehead atoms. The lowest BCUT2D eigenvalue weighted by molar-refractivity contribution is -0.113. The van der Waals surface area contributed by atoms with Gasteiger partial charge in [-0.3, -0.25) is 4.79 Å². The summed E-state index contributed by atoms with van der Waals surface area (Å²) in [5, 5.41) is 3.95. The predicted octanol–water partition coefficient (Wildman–Crippen LogP) is 5.34. The van der Waals surface area contributed by atoms with Crippen molar-refractivity contribution in [3.63, 3.8) is 0 Å². The first-order chi connectivity index (χ1) is 13.1. The maximum atomic E-state index is 12.3. The summed E-state index contributed by atoms with van der Waals surface area (Å²) in [6, 6.07) is 14.5. The first-order valence-electron chi connectivity index (χ1n) is 8.89. The van der Waals surface area contributed by atoms with Crippen molar-refractivity contribution < 1.29 is 4.79 Å². The van der Waals surface area contributed by atoms with Gasteiger partial charge in [0.05, 0.1) is 10.6 Å². The minimum atomic E-state index is -0.204. The third kappa shape index (κ3) is 4.60. The summed E-state index contributed by atoms with van der Waals surface area (Å²) in [6.07, 6.45) is 0. The van der Waals surface area contributed by atoms with Gasteiger partial charge in [-0.25, -0.2) is 0 Å². The highest BCUT2D eigenvalue weighted by Crippen LogP contribution is 2.32. The SMILES string of the molecule is CCN(CC)c1ccc(-c2cc(N(C)C(=O)C#Cc3cccs3)cs2)cc1. The molecule has 0 unspecified atom stereocenters. The molecule has 2 heterocycles. The fraction of sp³-hybridized carbons (Fsp3) is 0.227. The largest absolute Gasteiger partial charge is 0.372 e. The van der Waals surface area contributed by atoms with E-state index in [9.17, 15) is 4.79 Å². The van der Waals surface area contributed by atoms with Gasteiger partial charge in [0.25, 0.3) is 0 Å². The quantitative estimate of drug-likeness (QED) is 0.546. The topological polar surface area (TPSA) is 23.6 Å². The van der Waals surface area contributed by atoms with Crippen LogP contribution in [0.25, 0.3) is 10.4 Å². The van der Waals surface area contributed by atoms with Crippen LogP contribution in [-0.2, 0) is 4.79 Å². The second-order valence-corrected chi connectivity index (χ2v) is 7.84. The number of anilines is 2. The number of benzene rings is 1. The summed E-state index contributed by atoms with van der Waals surface area (Å²) in [5.41, 5.74) is 3.26.